The molecular formula is C10H18N2O. The molecule has 1 atom stereocenters. The van der Waals surface area contributed by atoms with Crippen molar-refractivity contribution in [2.45, 2.75) is 31.7 Å². The Labute approximate surface area is 79.5 Å². The van der Waals surface area contributed by atoms with Gasteiger partial charge in [-0.25, -0.2) is 0 Å². The normalized spacial score (nSPS) is 30.1. The molecule has 3 heteroatoms. The summed E-state index contributed by atoms with van der Waals surface area (Å²) in [6.07, 6.45) is 4.57. The van der Waals surface area contributed by atoms with Gasteiger partial charge in [0.1, 0.15) is 0 Å². The molecule has 1 saturated carbocycles. The van der Waals surface area contributed by atoms with Crippen LogP contribution in [0.2, 0.25) is 0 Å². The van der Waals surface area contributed by atoms with E-state index in [1.165, 1.54) is 6.42 Å². The van der Waals surface area contributed by atoms with Crippen molar-refractivity contribution >= 4 is 5.91 Å². The number of carbonyl (C=O) groups excluding carboxylic acids is 1. The summed E-state index contributed by atoms with van der Waals surface area (Å²) >= 11 is 0. The van der Waals surface area contributed by atoms with Crippen molar-refractivity contribution in [2.24, 2.45) is 5.92 Å². The molecule has 0 bridgehead atoms. The van der Waals surface area contributed by atoms with Crippen LogP contribution in [0.3, 0.4) is 0 Å². The number of hydrogen-bond acceptors (Lipinski definition) is 2. The highest BCUT2D eigenvalue weighted by Gasteiger charge is 2.28. The lowest BCUT2D eigenvalue weighted by Gasteiger charge is -2.25. The van der Waals surface area contributed by atoms with Gasteiger partial charge in [0, 0.05) is 18.5 Å². The van der Waals surface area contributed by atoms with Crippen LogP contribution >= 0.6 is 0 Å². The van der Waals surface area contributed by atoms with Crippen molar-refractivity contribution in [3.05, 3.63) is 0 Å². The van der Waals surface area contributed by atoms with Crippen molar-refractivity contribution in [1.82, 2.24) is 10.2 Å². The van der Waals surface area contributed by atoms with Gasteiger partial charge in [0.25, 0.3) is 0 Å². The van der Waals surface area contributed by atoms with Crippen LogP contribution in [0.4, 0.5) is 0 Å². The number of amides is 1. The summed E-state index contributed by atoms with van der Waals surface area (Å²) in [5, 5.41) is 3.13. The lowest BCUT2D eigenvalue weighted by Crippen LogP contribution is -2.42. The lowest BCUT2D eigenvalue weighted by atomic mass is 9.84. The van der Waals surface area contributed by atoms with E-state index in [-0.39, 0.29) is 0 Å². The molecule has 3 nitrogen and oxygen atoms in total. The maximum absolute atomic E-state index is 11.6. The van der Waals surface area contributed by atoms with E-state index in [1.54, 1.807) is 0 Å². The van der Waals surface area contributed by atoms with Crippen LogP contribution < -0.4 is 5.32 Å². The fourth-order valence-corrected chi connectivity index (χ4v) is 2.04. The number of rotatable bonds is 2. The number of likely N-dealkylation sites (tertiary alicyclic amines) is 1. The van der Waals surface area contributed by atoms with Gasteiger partial charge in [-0.3, -0.25) is 4.79 Å². The van der Waals surface area contributed by atoms with E-state index in [4.69, 9.17) is 0 Å². The molecule has 0 spiro atoms. The van der Waals surface area contributed by atoms with Crippen molar-refractivity contribution in [1.29, 1.82) is 0 Å². The van der Waals surface area contributed by atoms with E-state index in [2.05, 4.69) is 17.3 Å². The van der Waals surface area contributed by atoms with Gasteiger partial charge in [0.2, 0.25) is 5.91 Å². The second-order valence-electron chi connectivity index (χ2n) is 4.38. The molecule has 0 aromatic carbocycles. The average molecular weight is 182 g/mol. The second kappa shape index (κ2) is 3.66. The number of carbonyl (C=O) groups is 1. The summed E-state index contributed by atoms with van der Waals surface area (Å²) in [5.74, 6) is 0.637. The Morgan fingerprint density at radius 3 is 2.62 bits per heavy atom. The fourth-order valence-electron chi connectivity index (χ4n) is 2.04. The third kappa shape index (κ3) is 2.02. The van der Waals surface area contributed by atoms with Gasteiger partial charge >= 0.3 is 0 Å². The Balaban J connectivity index is 1.74. The summed E-state index contributed by atoms with van der Waals surface area (Å²) in [6.45, 7) is 2.15. The first-order chi connectivity index (χ1) is 6.25. The zero-order chi connectivity index (χ0) is 9.26. The lowest BCUT2D eigenvalue weighted by molar-refractivity contribution is -0.128. The molecule has 1 aliphatic heterocycles. The maximum Gasteiger partial charge on any atom is 0.223 e. The average Bonchev–Trinajstić information content (AvgIpc) is 2.31. The van der Waals surface area contributed by atoms with Crippen molar-refractivity contribution in [3.63, 3.8) is 0 Å². The molecular weight excluding hydrogens is 164 g/mol. The Bertz CT molecular complexity index is 201. The molecule has 2 aliphatic rings. The Morgan fingerprint density at radius 2 is 2.15 bits per heavy atom. The van der Waals surface area contributed by atoms with Gasteiger partial charge in [0.15, 0.2) is 0 Å². The van der Waals surface area contributed by atoms with E-state index in [1.807, 2.05) is 0 Å². The molecule has 1 saturated heterocycles. The molecule has 1 aliphatic carbocycles. The Morgan fingerprint density at radius 1 is 1.38 bits per heavy atom. The molecule has 0 radical (unpaired) electrons. The number of likely N-dealkylation sites (N-methyl/N-ethyl adjacent to an activating group) is 1. The van der Waals surface area contributed by atoms with E-state index < -0.39 is 0 Å². The number of nitrogens with zero attached hydrogens (tertiary/aromatic N) is 1. The van der Waals surface area contributed by atoms with E-state index in [9.17, 15) is 4.79 Å². The summed E-state index contributed by atoms with van der Waals surface area (Å²) in [7, 11) is 2.11. The van der Waals surface area contributed by atoms with Crippen LogP contribution in [0.25, 0.3) is 0 Å². The smallest absolute Gasteiger partial charge is 0.223 e. The largest absolute Gasteiger partial charge is 0.352 e. The Kier molecular flexibility index (Phi) is 2.54. The zero-order valence-corrected chi connectivity index (χ0v) is 8.25. The maximum atomic E-state index is 11.6. The monoisotopic (exact) mass is 182 g/mol. The van der Waals surface area contributed by atoms with E-state index in [0.717, 1.165) is 32.4 Å². The molecule has 1 unspecified atom stereocenters. The van der Waals surface area contributed by atoms with Crippen molar-refractivity contribution in [3.8, 4) is 0 Å². The van der Waals surface area contributed by atoms with Gasteiger partial charge in [-0.05, 0) is 32.9 Å². The molecule has 1 N–H and O–H groups in total. The molecule has 0 aromatic rings. The van der Waals surface area contributed by atoms with Gasteiger partial charge < -0.3 is 10.2 Å². The highest BCUT2D eigenvalue weighted by Crippen LogP contribution is 2.26. The first-order valence-electron chi connectivity index (χ1n) is 5.24. The van der Waals surface area contributed by atoms with Gasteiger partial charge in [-0.15, -0.1) is 0 Å². The highest BCUT2D eigenvalue weighted by molar-refractivity contribution is 5.79. The van der Waals surface area contributed by atoms with Crippen LogP contribution in [0.5, 0.6) is 0 Å². The molecule has 0 aromatic heterocycles. The SMILES string of the molecule is CN1CCC(NC(=O)C2CCC2)C1. The molecule has 2 rings (SSSR count). The van der Waals surface area contributed by atoms with E-state index in [0.29, 0.717) is 17.9 Å². The quantitative estimate of drug-likeness (QED) is 0.678. The summed E-state index contributed by atoms with van der Waals surface area (Å²) < 4.78 is 0. The van der Waals surface area contributed by atoms with Crippen LogP contribution in [0.15, 0.2) is 0 Å². The van der Waals surface area contributed by atoms with Crippen molar-refractivity contribution < 1.29 is 4.79 Å². The molecule has 74 valence electrons. The summed E-state index contributed by atoms with van der Waals surface area (Å²) in [5.41, 5.74) is 0. The molecule has 1 amide bonds. The third-order valence-corrected chi connectivity index (χ3v) is 3.21. The zero-order valence-electron chi connectivity index (χ0n) is 8.25. The van der Waals surface area contributed by atoms with Gasteiger partial charge in [0.05, 0.1) is 0 Å². The summed E-state index contributed by atoms with van der Waals surface area (Å²) in [6, 6.07) is 0.415. The highest BCUT2D eigenvalue weighted by atomic mass is 16.2. The third-order valence-electron chi connectivity index (χ3n) is 3.21. The summed E-state index contributed by atoms with van der Waals surface area (Å²) in [4.78, 5) is 13.8. The molecule has 2 fully saturated rings. The minimum atomic E-state index is 0.298. The predicted octanol–water partition coefficient (Wildman–Crippen LogP) is 0.607. The van der Waals surface area contributed by atoms with Gasteiger partial charge in [-0.1, -0.05) is 6.42 Å². The second-order valence-corrected chi connectivity index (χ2v) is 4.38. The molecule has 13 heavy (non-hydrogen) atoms. The van der Waals surface area contributed by atoms with Crippen LogP contribution in [0, 0.1) is 5.92 Å². The first kappa shape index (κ1) is 9.00. The van der Waals surface area contributed by atoms with Crippen LogP contribution in [-0.2, 0) is 4.79 Å². The topological polar surface area (TPSA) is 32.3 Å². The fraction of sp³-hybridized carbons (Fsp3) is 0.900. The minimum Gasteiger partial charge on any atom is -0.352 e. The predicted molar refractivity (Wildman–Crippen MR) is 51.4 cm³/mol. The van der Waals surface area contributed by atoms with Crippen molar-refractivity contribution in [2.75, 3.05) is 20.1 Å². The Hall–Kier alpha value is -0.570. The standard InChI is InChI=1S/C10H18N2O/c1-12-6-5-9(7-12)11-10(13)8-3-2-4-8/h8-9H,2-7H2,1H3,(H,11,13). The number of nitrogens with one attached hydrogen (secondary N) is 1. The number of hydrogen-bond donors (Lipinski definition) is 1. The minimum absolute atomic E-state index is 0.298. The van der Waals surface area contributed by atoms with Crippen LogP contribution in [0.1, 0.15) is 25.7 Å². The van der Waals surface area contributed by atoms with Crippen LogP contribution in [-0.4, -0.2) is 37.0 Å². The first-order valence-corrected chi connectivity index (χ1v) is 5.24. The molecule has 1 heterocycles. The van der Waals surface area contributed by atoms with E-state index >= 15 is 0 Å². The van der Waals surface area contributed by atoms with Gasteiger partial charge in [-0.2, -0.15) is 0 Å².